The number of methoxy groups -OCH3 is 1. The van der Waals surface area contributed by atoms with Crippen LogP contribution in [0.3, 0.4) is 0 Å². The lowest BCUT2D eigenvalue weighted by Gasteiger charge is -2.49. The van der Waals surface area contributed by atoms with Gasteiger partial charge in [0, 0.05) is 26.6 Å². The second kappa shape index (κ2) is 5.25. The lowest BCUT2D eigenvalue weighted by Crippen LogP contribution is -2.60. The quantitative estimate of drug-likeness (QED) is 0.805. The molecule has 0 saturated carbocycles. The van der Waals surface area contributed by atoms with Gasteiger partial charge in [-0.3, -0.25) is 0 Å². The molecule has 1 atom stereocenters. The topological polar surface area (TPSA) is 30.5 Å². The number of rotatable bonds is 5. The normalized spacial score (nSPS) is 29.3. The summed E-state index contributed by atoms with van der Waals surface area (Å²) in [6.07, 6.45) is 3.02. The Bertz CT molecular complexity index is 249. The summed E-state index contributed by atoms with van der Waals surface area (Å²) in [7, 11) is 1.77. The first kappa shape index (κ1) is 14.9. The molecule has 1 heterocycles. The van der Waals surface area contributed by atoms with Crippen molar-refractivity contribution >= 4 is 0 Å². The molecule has 1 unspecified atom stereocenters. The highest BCUT2D eigenvalue weighted by Crippen LogP contribution is 2.35. The molecule has 17 heavy (non-hydrogen) atoms. The van der Waals surface area contributed by atoms with Crippen LogP contribution in [0.5, 0.6) is 0 Å². The molecule has 1 N–H and O–H groups in total. The van der Waals surface area contributed by atoms with Gasteiger partial charge in [0.2, 0.25) is 0 Å². The van der Waals surface area contributed by atoms with E-state index >= 15 is 0 Å². The highest BCUT2D eigenvalue weighted by atomic mass is 16.5. The number of hydrogen-bond donors (Lipinski definition) is 1. The first-order chi connectivity index (χ1) is 7.80. The Labute approximate surface area is 106 Å². The van der Waals surface area contributed by atoms with Crippen LogP contribution in [0, 0.1) is 0 Å². The zero-order valence-corrected chi connectivity index (χ0v) is 12.4. The molecule has 102 valence electrons. The van der Waals surface area contributed by atoms with Crippen molar-refractivity contribution < 1.29 is 9.47 Å². The van der Waals surface area contributed by atoms with E-state index in [-0.39, 0.29) is 16.8 Å². The summed E-state index contributed by atoms with van der Waals surface area (Å²) in [5.41, 5.74) is -0.276. The van der Waals surface area contributed by atoms with Gasteiger partial charge >= 0.3 is 0 Å². The van der Waals surface area contributed by atoms with Crippen LogP contribution in [-0.2, 0) is 9.47 Å². The maximum atomic E-state index is 6.46. The lowest BCUT2D eigenvalue weighted by molar-refractivity contribution is -0.195. The van der Waals surface area contributed by atoms with Gasteiger partial charge in [-0.25, -0.2) is 0 Å². The van der Waals surface area contributed by atoms with Gasteiger partial charge < -0.3 is 14.8 Å². The van der Waals surface area contributed by atoms with Crippen LogP contribution < -0.4 is 5.32 Å². The van der Waals surface area contributed by atoms with E-state index in [0.717, 1.165) is 32.4 Å². The van der Waals surface area contributed by atoms with Crippen molar-refractivity contribution in [1.82, 2.24) is 5.32 Å². The fraction of sp³-hybridized carbons (Fsp3) is 1.00. The molecule has 1 fully saturated rings. The van der Waals surface area contributed by atoms with Crippen molar-refractivity contribution in [3.8, 4) is 0 Å². The molecular formula is C14H29NO2. The third-order valence-electron chi connectivity index (χ3n) is 4.05. The fourth-order valence-electron chi connectivity index (χ4n) is 2.87. The molecule has 0 spiro atoms. The Hall–Kier alpha value is -0.120. The third-order valence-corrected chi connectivity index (χ3v) is 4.05. The molecule has 1 aliphatic heterocycles. The van der Waals surface area contributed by atoms with Crippen molar-refractivity contribution in [1.29, 1.82) is 0 Å². The second-order valence-electron chi connectivity index (χ2n) is 6.19. The fourth-order valence-corrected chi connectivity index (χ4v) is 2.87. The largest absolute Gasteiger partial charge is 0.379 e. The van der Waals surface area contributed by atoms with Gasteiger partial charge in [-0.2, -0.15) is 0 Å². The average molecular weight is 243 g/mol. The molecule has 0 bridgehead atoms. The predicted molar refractivity (Wildman–Crippen MR) is 71.4 cm³/mol. The van der Waals surface area contributed by atoms with Gasteiger partial charge in [0.25, 0.3) is 0 Å². The average Bonchev–Trinajstić information content (AvgIpc) is 2.27. The van der Waals surface area contributed by atoms with Crippen LogP contribution in [-0.4, -0.2) is 37.0 Å². The number of ether oxygens (including phenoxy) is 2. The molecule has 0 aliphatic carbocycles. The van der Waals surface area contributed by atoms with Crippen molar-refractivity contribution in [2.24, 2.45) is 0 Å². The van der Waals surface area contributed by atoms with E-state index in [4.69, 9.17) is 9.47 Å². The first-order valence-electron chi connectivity index (χ1n) is 6.76. The summed E-state index contributed by atoms with van der Waals surface area (Å²) >= 11 is 0. The van der Waals surface area contributed by atoms with Gasteiger partial charge in [0.1, 0.15) is 0 Å². The van der Waals surface area contributed by atoms with Gasteiger partial charge in [0.05, 0.1) is 16.8 Å². The van der Waals surface area contributed by atoms with Crippen LogP contribution in [0.1, 0.15) is 53.9 Å². The maximum Gasteiger partial charge on any atom is 0.0813 e. The summed E-state index contributed by atoms with van der Waals surface area (Å²) in [5, 5.41) is 3.53. The minimum atomic E-state index is -0.138. The van der Waals surface area contributed by atoms with Crippen LogP contribution >= 0.6 is 0 Å². The van der Waals surface area contributed by atoms with E-state index < -0.39 is 0 Å². The summed E-state index contributed by atoms with van der Waals surface area (Å²) in [6, 6.07) is 0. The van der Waals surface area contributed by atoms with E-state index in [1.807, 2.05) is 0 Å². The predicted octanol–water partition coefficient (Wildman–Crippen LogP) is 2.74. The Morgan fingerprint density at radius 1 is 1.24 bits per heavy atom. The molecule has 0 radical (unpaired) electrons. The van der Waals surface area contributed by atoms with Crippen LogP contribution in [0.15, 0.2) is 0 Å². The Balaban J connectivity index is 2.76. The van der Waals surface area contributed by atoms with Gasteiger partial charge in [-0.05, 0) is 33.6 Å². The first-order valence-corrected chi connectivity index (χ1v) is 6.76. The smallest absolute Gasteiger partial charge is 0.0813 e. The minimum Gasteiger partial charge on any atom is -0.379 e. The Kier molecular flexibility index (Phi) is 4.61. The standard InChI is InChI=1S/C14H29NO2/c1-7-14(8-2)11-15-10-13(5,17-14)9-12(3,4)16-6/h15H,7-11H2,1-6H3. The molecule has 3 nitrogen and oxygen atoms in total. The van der Waals surface area contributed by atoms with Crippen LogP contribution in [0.25, 0.3) is 0 Å². The van der Waals surface area contributed by atoms with Crippen molar-refractivity contribution in [2.45, 2.75) is 70.7 Å². The summed E-state index contributed by atoms with van der Waals surface area (Å²) < 4.78 is 12.0. The Morgan fingerprint density at radius 3 is 2.29 bits per heavy atom. The van der Waals surface area contributed by atoms with Gasteiger partial charge in [-0.1, -0.05) is 13.8 Å². The van der Waals surface area contributed by atoms with E-state index in [2.05, 4.69) is 39.9 Å². The van der Waals surface area contributed by atoms with Crippen molar-refractivity contribution in [3.63, 3.8) is 0 Å². The zero-order valence-electron chi connectivity index (χ0n) is 12.4. The number of morpholine rings is 1. The Morgan fingerprint density at radius 2 is 1.82 bits per heavy atom. The van der Waals surface area contributed by atoms with Gasteiger partial charge in [0.15, 0.2) is 0 Å². The van der Waals surface area contributed by atoms with E-state index in [0.29, 0.717) is 0 Å². The molecule has 0 aromatic heterocycles. The van der Waals surface area contributed by atoms with Crippen molar-refractivity contribution in [3.05, 3.63) is 0 Å². The molecule has 0 aromatic carbocycles. The molecule has 0 aromatic rings. The third kappa shape index (κ3) is 3.67. The highest BCUT2D eigenvalue weighted by molar-refractivity contribution is 4.96. The molecular weight excluding hydrogens is 214 g/mol. The van der Waals surface area contributed by atoms with Crippen LogP contribution in [0.2, 0.25) is 0 Å². The van der Waals surface area contributed by atoms with E-state index in [1.54, 1.807) is 7.11 Å². The summed E-state index contributed by atoms with van der Waals surface area (Å²) in [4.78, 5) is 0. The molecule has 1 rings (SSSR count). The lowest BCUT2D eigenvalue weighted by atomic mass is 9.85. The van der Waals surface area contributed by atoms with Crippen LogP contribution in [0.4, 0.5) is 0 Å². The van der Waals surface area contributed by atoms with Crippen molar-refractivity contribution in [2.75, 3.05) is 20.2 Å². The molecule has 1 aliphatic rings. The molecule has 0 amide bonds. The number of nitrogens with one attached hydrogen (secondary N) is 1. The molecule has 1 saturated heterocycles. The minimum absolute atomic E-state index is 0.00315. The number of hydrogen-bond acceptors (Lipinski definition) is 3. The summed E-state index contributed by atoms with van der Waals surface area (Å²) in [6.45, 7) is 12.7. The summed E-state index contributed by atoms with van der Waals surface area (Å²) in [5.74, 6) is 0. The van der Waals surface area contributed by atoms with Gasteiger partial charge in [-0.15, -0.1) is 0 Å². The SMILES string of the molecule is CCC1(CC)CNCC(C)(CC(C)(C)OC)O1. The van der Waals surface area contributed by atoms with E-state index in [9.17, 15) is 0 Å². The van der Waals surface area contributed by atoms with E-state index in [1.165, 1.54) is 0 Å². The zero-order chi connectivity index (χ0) is 13.2. The molecule has 3 heteroatoms. The second-order valence-corrected chi connectivity index (χ2v) is 6.19. The maximum absolute atomic E-state index is 6.46. The highest BCUT2D eigenvalue weighted by Gasteiger charge is 2.43. The monoisotopic (exact) mass is 243 g/mol.